The van der Waals surface area contributed by atoms with Crippen molar-refractivity contribution in [3.63, 3.8) is 0 Å². The molecule has 0 spiro atoms. The van der Waals surface area contributed by atoms with E-state index in [0.717, 1.165) is 51.4 Å². The molecule has 0 aliphatic heterocycles. The molecule has 0 aliphatic carbocycles. The summed E-state index contributed by atoms with van der Waals surface area (Å²) in [5, 5.41) is 0. The summed E-state index contributed by atoms with van der Waals surface area (Å²) < 4.78 is 32.7. The predicted octanol–water partition coefficient (Wildman–Crippen LogP) is 12.6. The molecule has 10 heteroatoms. The molecule has 0 heterocycles. The second-order valence-corrected chi connectivity index (χ2v) is 16.0. The van der Waals surface area contributed by atoms with E-state index in [1.54, 1.807) is 0 Å². The summed E-state index contributed by atoms with van der Waals surface area (Å²) in [4.78, 5) is 34.8. The van der Waals surface area contributed by atoms with Crippen LogP contribution in [-0.2, 0) is 32.7 Å². The average molecular weight is 784 g/mol. The molecule has 0 rings (SSSR count). The van der Waals surface area contributed by atoms with E-state index in [1.807, 2.05) is 0 Å². The maximum atomic E-state index is 12.6. The molecular formula is C44H82NO8P. The Morgan fingerprint density at radius 2 is 0.963 bits per heavy atom. The van der Waals surface area contributed by atoms with Crippen molar-refractivity contribution in [1.82, 2.24) is 0 Å². The zero-order valence-corrected chi connectivity index (χ0v) is 35.6. The molecule has 0 aromatic carbocycles. The van der Waals surface area contributed by atoms with Gasteiger partial charge in [0.25, 0.3) is 0 Å². The fourth-order valence-electron chi connectivity index (χ4n) is 5.99. The van der Waals surface area contributed by atoms with Gasteiger partial charge in [-0.3, -0.25) is 18.6 Å². The summed E-state index contributed by atoms with van der Waals surface area (Å²) in [5.74, 6) is -0.868. The quantitative estimate of drug-likeness (QED) is 0.0269. The molecule has 0 aromatic heterocycles. The van der Waals surface area contributed by atoms with Gasteiger partial charge >= 0.3 is 19.8 Å². The van der Waals surface area contributed by atoms with Crippen molar-refractivity contribution in [2.45, 2.75) is 206 Å². The standard InChI is InChI=1S/C44H82NO8P/c1-3-5-7-9-11-13-15-17-19-20-21-23-24-26-28-30-32-34-36-43(46)50-40-42(41-52-54(48,49)51-39-38-45)53-44(47)37-35-33-31-29-27-25-22-18-16-14-12-10-8-6-4-2/h12,14,18,22,27,29,42H,3-11,13,15-17,19-21,23-26,28,30-41,45H2,1-2H3,(H,48,49)/b14-12+,22-18+,29-27+/t42-/m1/s1. The first kappa shape index (κ1) is 52.2. The summed E-state index contributed by atoms with van der Waals surface area (Å²) in [5.41, 5.74) is 5.34. The largest absolute Gasteiger partial charge is 0.472 e. The molecule has 3 N–H and O–H groups in total. The number of phosphoric acid groups is 1. The number of carbonyl (C=O) groups is 2. The van der Waals surface area contributed by atoms with E-state index in [1.165, 1.54) is 116 Å². The van der Waals surface area contributed by atoms with E-state index in [2.05, 4.69) is 50.3 Å². The van der Waals surface area contributed by atoms with E-state index in [-0.39, 0.29) is 38.6 Å². The van der Waals surface area contributed by atoms with Gasteiger partial charge < -0.3 is 20.1 Å². The summed E-state index contributed by atoms with van der Waals surface area (Å²) in [7, 11) is -4.38. The van der Waals surface area contributed by atoms with Gasteiger partial charge in [0.2, 0.25) is 0 Å². The lowest BCUT2D eigenvalue weighted by Crippen LogP contribution is -2.29. The van der Waals surface area contributed by atoms with Gasteiger partial charge in [0.1, 0.15) is 6.61 Å². The van der Waals surface area contributed by atoms with Crippen LogP contribution in [0.25, 0.3) is 0 Å². The molecule has 0 fully saturated rings. The van der Waals surface area contributed by atoms with Gasteiger partial charge in [0.05, 0.1) is 13.2 Å². The van der Waals surface area contributed by atoms with E-state index in [9.17, 15) is 19.0 Å². The zero-order chi connectivity index (χ0) is 39.6. The first-order valence-corrected chi connectivity index (χ1v) is 23.5. The summed E-state index contributed by atoms with van der Waals surface area (Å²) in [6.07, 6.45) is 44.6. The molecular weight excluding hydrogens is 701 g/mol. The Bertz CT molecular complexity index is 986. The number of ether oxygens (including phenoxy) is 2. The van der Waals surface area contributed by atoms with Gasteiger partial charge in [-0.25, -0.2) is 4.57 Å². The maximum absolute atomic E-state index is 12.6. The number of hydrogen-bond acceptors (Lipinski definition) is 8. The van der Waals surface area contributed by atoms with E-state index in [4.69, 9.17) is 24.3 Å². The Morgan fingerprint density at radius 1 is 0.556 bits per heavy atom. The van der Waals surface area contributed by atoms with Crippen molar-refractivity contribution in [1.29, 1.82) is 0 Å². The third kappa shape index (κ3) is 39.9. The van der Waals surface area contributed by atoms with Crippen LogP contribution in [0.5, 0.6) is 0 Å². The van der Waals surface area contributed by atoms with Crippen molar-refractivity contribution in [3.8, 4) is 0 Å². The molecule has 0 amide bonds. The van der Waals surface area contributed by atoms with Crippen LogP contribution in [0, 0.1) is 0 Å². The highest BCUT2D eigenvalue weighted by Crippen LogP contribution is 2.43. The number of esters is 2. The maximum Gasteiger partial charge on any atom is 0.472 e. The molecule has 9 nitrogen and oxygen atoms in total. The average Bonchev–Trinajstić information content (AvgIpc) is 3.16. The summed E-state index contributed by atoms with van der Waals surface area (Å²) in [6, 6.07) is 0. The molecule has 54 heavy (non-hydrogen) atoms. The van der Waals surface area contributed by atoms with Gasteiger partial charge in [0.15, 0.2) is 6.10 Å². The third-order valence-corrected chi connectivity index (χ3v) is 10.3. The van der Waals surface area contributed by atoms with Crippen LogP contribution in [-0.4, -0.2) is 49.3 Å². The number of rotatable bonds is 41. The van der Waals surface area contributed by atoms with Crippen LogP contribution in [0.1, 0.15) is 200 Å². The molecule has 0 aliphatic rings. The molecule has 0 saturated carbocycles. The normalized spacial score (nSPS) is 13.6. The minimum atomic E-state index is -4.38. The highest BCUT2D eigenvalue weighted by Gasteiger charge is 2.26. The Labute approximate surface area is 331 Å². The number of carbonyl (C=O) groups excluding carboxylic acids is 2. The van der Waals surface area contributed by atoms with Gasteiger partial charge in [-0.05, 0) is 51.4 Å². The smallest absolute Gasteiger partial charge is 0.462 e. The fourth-order valence-corrected chi connectivity index (χ4v) is 6.76. The highest BCUT2D eigenvalue weighted by molar-refractivity contribution is 7.47. The van der Waals surface area contributed by atoms with Gasteiger partial charge in [-0.1, -0.05) is 172 Å². The molecule has 2 atom stereocenters. The highest BCUT2D eigenvalue weighted by atomic mass is 31.2. The van der Waals surface area contributed by atoms with Crippen LogP contribution in [0.15, 0.2) is 36.5 Å². The summed E-state index contributed by atoms with van der Waals surface area (Å²) in [6.45, 7) is 3.67. The monoisotopic (exact) mass is 784 g/mol. The molecule has 0 radical (unpaired) electrons. The topological polar surface area (TPSA) is 134 Å². The molecule has 316 valence electrons. The Balaban J connectivity index is 4.17. The zero-order valence-electron chi connectivity index (χ0n) is 34.7. The Hall–Kier alpha value is -1.77. The second-order valence-electron chi connectivity index (χ2n) is 14.6. The van der Waals surface area contributed by atoms with Gasteiger partial charge in [-0.15, -0.1) is 0 Å². The van der Waals surface area contributed by atoms with E-state index < -0.39 is 26.5 Å². The molecule has 0 saturated heterocycles. The number of unbranched alkanes of at least 4 members (excludes halogenated alkanes) is 22. The summed E-state index contributed by atoms with van der Waals surface area (Å²) >= 11 is 0. The minimum absolute atomic E-state index is 0.0477. The number of phosphoric ester groups is 1. The van der Waals surface area contributed by atoms with Gasteiger partial charge in [0, 0.05) is 19.4 Å². The second kappa shape index (κ2) is 40.9. The third-order valence-electron chi connectivity index (χ3n) is 9.28. The lowest BCUT2D eigenvalue weighted by molar-refractivity contribution is -0.161. The van der Waals surface area contributed by atoms with E-state index in [0.29, 0.717) is 6.42 Å². The van der Waals surface area contributed by atoms with Crippen molar-refractivity contribution < 1.29 is 37.6 Å². The number of hydrogen-bond donors (Lipinski definition) is 2. The fraction of sp³-hybridized carbons (Fsp3) is 0.818. The van der Waals surface area contributed by atoms with Gasteiger partial charge in [-0.2, -0.15) is 0 Å². The Kier molecular flexibility index (Phi) is 39.5. The van der Waals surface area contributed by atoms with Crippen LogP contribution < -0.4 is 5.73 Å². The van der Waals surface area contributed by atoms with Crippen molar-refractivity contribution in [2.75, 3.05) is 26.4 Å². The van der Waals surface area contributed by atoms with Crippen molar-refractivity contribution in [3.05, 3.63) is 36.5 Å². The lowest BCUT2D eigenvalue weighted by Gasteiger charge is -2.19. The van der Waals surface area contributed by atoms with Crippen molar-refractivity contribution >= 4 is 19.8 Å². The Morgan fingerprint density at radius 3 is 1.46 bits per heavy atom. The minimum Gasteiger partial charge on any atom is -0.462 e. The lowest BCUT2D eigenvalue weighted by atomic mass is 10.0. The SMILES string of the molecule is CCCCC/C=C/C/C=C/C/C=C/CCCCC(=O)O[C@H](COC(=O)CCCCCCCCCCCCCCCCCCCC)COP(=O)(O)OCCN. The van der Waals surface area contributed by atoms with Crippen LogP contribution >= 0.6 is 7.82 Å². The molecule has 1 unspecified atom stereocenters. The first-order chi connectivity index (χ1) is 26.3. The van der Waals surface area contributed by atoms with Crippen LogP contribution in [0.2, 0.25) is 0 Å². The number of nitrogens with two attached hydrogens (primary N) is 1. The molecule has 0 bridgehead atoms. The van der Waals surface area contributed by atoms with E-state index >= 15 is 0 Å². The molecule has 0 aromatic rings. The first-order valence-electron chi connectivity index (χ1n) is 22.0. The predicted molar refractivity (Wildman–Crippen MR) is 224 cm³/mol. The van der Waals surface area contributed by atoms with Crippen molar-refractivity contribution in [2.24, 2.45) is 5.73 Å². The van der Waals surface area contributed by atoms with Crippen LogP contribution in [0.4, 0.5) is 0 Å². The van der Waals surface area contributed by atoms with Crippen LogP contribution in [0.3, 0.4) is 0 Å². The number of allylic oxidation sites excluding steroid dienone is 6.